The molecule has 0 aliphatic heterocycles. The lowest BCUT2D eigenvalue weighted by Crippen LogP contribution is -2.25. The average molecular weight is 209 g/mol. The van der Waals surface area contributed by atoms with Gasteiger partial charge in [-0.15, -0.1) is 0 Å². The third kappa shape index (κ3) is 5.66. The Hall–Kier alpha value is -0.720. The second-order valence-corrected chi connectivity index (χ2v) is 5.36. The van der Waals surface area contributed by atoms with Gasteiger partial charge < -0.3 is 5.32 Å². The molecule has 1 unspecified atom stereocenters. The Labute approximate surface area is 95.7 Å². The second-order valence-electron chi connectivity index (χ2n) is 5.36. The van der Waals surface area contributed by atoms with E-state index in [1.807, 2.05) is 0 Å². The fourth-order valence-corrected chi connectivity index (χ4v) is 1.26. The lowest BCUT2D eigenvalue weighted by Gasteiger charge is -2.24. The smallest absolute Gasteiger partial charge is 0.0149 e. The molecule has 0 aromatic heterocycles. The van der Waals surface area contributed by atoms with Crippen molar-refractivity contribution in [2.75, 3.05) is 6.54 Å². The Balaban J connectivity index is 3.81. The molecule has 0 radical (unpaired) electrons. The zero-order valence-corrected chi connectivity index (χ0v) is 11.1. The maximum atomic E-state index is 4.07. The van der Waals surface area contributed by atoms with Crippen LogP contribution in [0.1, 0.15) is 47.5 Å². The molecule has 1 atom stereocenters. The topological polar surface area (TPSA) is 12.0 Å². The van der Waals surface area contributed by atoms with E-state index in [-0.39, 0.29) is 5.41 Å². The lowest BCUT2D eigenvalue weighted by molar-refractivity contribution is 0.450. The minimum atomic E-state index is 0.158. The normalized spacial score (nSPS) is 13.4. The highest BCUT2D eigenvalue weighted by Crippen LogP contribution is 2.21. The summed E-state index contributed by atoms with van der Waals surface area (Å²) >= 11 is 0. The maximum absolute atomic E-state index is 4.07. The van der Waals surface area contributed by atoms with Crippen molar-refractivity contribution in [2.24, 2.45) is 11.3 Å². The van der Waals surface area contributed by atoms with E-state index in [0.717, 1.165) is 25.1 Å². The predicted octanol–water partition coefficient (Wildman–Crippen LogP) is 4.13. The number of nitrogens with one attached hydrogen (secondary N) is 1. The highest BCUT2D eigenvalue weighted by Gasteiger charge is 2.14. The molecule has 1 N–H and O–H groups in total. The minimum absolute atomic E-state index is 0.158. The van der Waals surface area contributed by atoms with Gasteiger partial charge in [-0.05, 0) is 18.8 Å². The van der Waals surface area contributed by atoms with Crippen LogP contribution in [0.25, 0.3) is 0 Å². The summed E-state index contributed by atoms with van der Waals surface area (Å²) in [5.41, 5.74) is 2.63. The van der Waals surface area contributed by atoms with Crippen LogP contribution in [0.5, 0.6) is 0 Å². The molecule has 0 fully saturated rings. The molecule has 0 saturated heterocycles. The SMILES string of the molecule is C=C(CC)C(C)CCNC(=C)C(C)(C)C. The lowest BCUT2D eigenvalue weighted by atomic mass is 9.92. The molecule has 88 valence electrons. The molecular formula is C14H27N. The standard InChI is InChI=1S/C14H27N/c1-8-11(2)12(3)9-10-15-13(4)14(5,6)7/h12,15H,2,4,8-10H2,1,3,5-7H3. The third-order valence-electron chi connectivity index (χ3n) is 2.97. The molecule has 0 aliphatic carbocycles. The molecule has 0 heterocycles. The van der Waals surface area contributed by atoms with E-state index in [4.69, 9.17) is 0 Å². The summed E-state index contributed by atoms with van der Waals surface area (Å²) in [7, 11) is 0. The molecule has 0 bridgehead atoms. The largest absolute Gasteiger partial charge is 0.388 e. The van der Waals surface area contributed by atoms with Crippen molar-refractivity contribution in [2.45, 2.75) is 47.5 Å². The van der Waals surface area contributed by atoms with Crippen LogP contribution < -0.4 is 5.32 Å². The van der Waals surface area contributed by atoms with Crippen LogP contribution in [0.15, 0.2) is 24.4 Å². The van der Waals surface area contributed by atoms with Gasteiger partial charge in [-0.1, -0.05) is 53.3 Å². The summed E-state index contributed by atoms with van der Waals surface area (Å²) in [6.45, 7) is 20.1. The van der Waals surface area contributed by atoms with Crippen molar-refractivity contribution in [3.63, 3.8) is 0 Å². The minimum Gasteiger partial charge on any atom is -0.388 e. The Kier molecular flexibility index (Phi) is 5.71. The molecule has 1 nitrogen and oxygen atoms in total. The van der Waals surface area contributed by atoms with Crippen molar-refractivity contribution in [3.05, 3.63) is 24.4 Å². The van der Waals surface area contributed by atoms with E-state index in [1.54, 1.807) is 0 Å². The fraction of sp³-hybridized carbons (Fsp3) is 0.714. The van der Waals surface area contributed by atoms with Crippen molar-refractivity contribution < 1.29 is 0 Å². The summed E-state index contributed by atoms with van der Waals surface area (Å²) in [4.78, 5) is 0. The number of hydrogen-bond acceptors (Lipinski definition) is 1. The van der Waals surface area contributed by atoms with Crippen LogP contribution in [-0.2, 0) is 0 Å². The van der Waals surface area contributed by atoms with Crippen LogP contribution in [-0.4, -0.2) is 6.54 Å². The highest BCUT2D eigenvalue weighted by molar-refractivity contribution is 5.03. The van der Waals surface area contributed by atoms with Gasteiger partial charge in [0.1, 0.15) is 0 Å². The van der Waals surface area contributed by atoms with Crippen molar-refractivity contribution in [3.8, 4) is 0 Å². The molecule has 0 amide bonds. The van der Waals surface area contributed by atoms with Crippen molar-refractivity contribution in [1.82, 2.24) is 5.32 Å². The van der Waals surface area contributed by atoms with Gasteiger partial charge in [0, 0.05) is 17.7 Å². The van der Waals surface area contributed by atoms with Crippen molar-refractivity contribution in [1.29, 1.82) is 0 Å². The zero-order valence-electron chi connectivity index (χ0n) is 11.1. The van der Waals surface area contributed by atoms with Crippen LogP contribution in [0.2, 0.25) is 0 Å². The zero-order chi connectivity index (χ0) is 12.1. The van der Waals surface area contributed by atoms with E-state index in [9.17, 15) is 0 Å². The molecule has 0 aromatic carbocycles. The Bertz CT molecular complexity index is 220. The average Bonchev–Trinajstić information content (AvgIpc) is 2.14. The van der Waals surface area contributed by atoms with Crippen LogP contribution >= 0.6 is 0 Å². The van der Waals surface area contributed by atoms with Crippen LogP contribution in [0.3, 0.4) is 0 Å². The van der Waals surface area contributed by atoms with E-state index in [1.165, 1.54) is 5.57 Å². The molecule has 0 aromatic rings. The first-order valence-electron chi connectivity index (χ1n) is 5.90. The summed E-state index contributed by atoms with van der Waals surface area (Å²) in [6, 6.07) is 0. The monoisotopic (exact) mass is 209 g/mol. The van der Waals surface area contributed by atoms with E-state index in [2.05, 4.69) is 53.1 Å². The Morgan fingerprint density at radius 1 is 1.27 bits per heavy atom. The van der Waals surface area contributed by atoms with Gasteiger partial charge in [-0.25, -0.2) is 0 Å². The Morgan fingerprint density at radius 2 is 1.80 bits per heavy atom. The number of allylic oxidation sites excluding steroid dienone is 2. The van der Waals surface area contributed by atoms with Crippen LogP contribution in [0.4, 0.5) is 0 Å². The van der Waals surface area contributed by atoms with Crippen LogP contribution in [0, 0.1) is 11.3 Å². The first-order chi connectivity index (χ1) is 6.79. The van der Waals surface area contributed by atoms with Gasteiger partial charge >= 0.3 is 0 Å². The molecule has 0 aliphatic rings. The number of rotatable bonds is 6. The van der Waals surface area contributed by atoms with Gasteiger partial charge in [-0.2, -0.15) is 0 Å². The second kappa shape index (κ2) is 5.99. The first-order valence-corrected chi connectivity index (χ1v) is 5.90. The molecule has 0 spiro atoms. The fourth-order valence-electron chi connectivity index (χ4n) is 1.26. The van der Waals surface area contributed by atoms with Gasteiger partial charge in [0.25, 0.3) is 0 Å². The number of hydrogen-bond donors (Lipinski definition) is 1. The molecule has 0 saturated carbocycles. The maximum Gasteiger partial charge on any atom is 0.0149 e. The first kappa shape index (κ1) is 14.3. The van der Waals surface area contributed by atoms with E-state index in [0.29, 0.717) is 5.92 Å². The third-order valence-corrected chi connectivity index (χ3v) is 2.97. The highest BCUT2D eigenvalue weighted by atomic mass is 14.9. The van der Waals surface area contributed by atoms with Gasteiger partial charge in [0.15, 0.2) is 0 Å². The van der Waals surface area contributed by atoms with Gasteiger partial charge in [0.2, 0.25) is 0 Å². The molecule has 1 heteroatoms. The van der Waals surface area contributed by atoms with Crippen molar-refractivity contribution >= 4 is 0 Å². The summed E-state index contributed by atoms with van der Waals surface area (Å²) in [5.74, 6) is 0.607. The van der Waals surface area contributed by atoms with Gasteiger partial charge in [0.05, 0.1) is 0 Å². The molecule has 15 heavy (non-hydrogen) atoms. The van der Waals surface area contributed by atoms with E-state index < -0.39 is 0 Å². The molecular weight excluding hydrogens is 182 g/mol. The van der Waals surface area contributed by atoms with Gasteiger partial charge in [-0.3, -0.25) is 0 Å². The Morgan fingerprint density at radius 3 is 2.20 bits per heavy atom. The summed E-state index contributed by atoms with van der Waals surface area (Å²) in [5, 5.41) is 3.40. The van der Waals surface area contributed by atoms with E-state index >= 15 is 0 Å². The summed E-state index contributed by atoms with van der Waals surface area (Å²) < 4.78 is 0. The summed E-state index contributed by atoms with van der Waals surface area (Å²) in [6.07, 6.45) is 2.23. The molecule has 0 rings (SSSR count). The predicted molar refractivity (Wildman–Crippen MR) is 69.8 cm³/mol. The quantitative estimate of drug-likeness (QED) is 0.649.